The standard InChI is InChI=1S/C24H44O6.C22H40O6.C15H26O6/c1-6-10-12-19(8-3)16-27-22(25)14-15-24(5)29-18-21(30-24)17-28-23(26)20(9-4)13-11-7-2;1-4-5-6-7-8-9-10-11-12-13-16-25-21(24)14-15-22(3)27-18-20(28-22)17-26-19(2)23;1-4-5-6-7-14(17)19-10-12-11-20-15(2,21-12)9-8-13(16)18-3/h19-21H,6-18H2,1-5H3;20H,4-18H2,1-3H3;12H,4-11H2,1-3H3. The number of methoxy groups -OCH3 is 1. The predicted octanol–water partition coefficient (Wildman–Crippen LogP) is 12.5. The minimum absolute atomic E-state index is 0.0438. The van der Waals surface area contributed by atoms with E-state index >= 15 is 0 Å². The molecule has 3 saturated heterocycles. The van der Waals surface area contributed by atoms with E-state index in [0.717, 1.165) is 77.0 Å². The summed E-state index contributed by atoms with van der Waals surface area (Å²) in [4.78, 5) is 69.8. The van der Waals surface area contributed by atoms with Crippen molar-refractivity contribution in [3.05, 3.63) is 0 Å². The molecule has 3 rings (SSSR count). The summed E-state index contributed by atoms with van der Waals surface area (Å²) in [6, 6.07) is 0. The van der Waals surface area contributed by atoms with Crippen molar-refractivity contribution in [1.82, 2.24) is 0 Å². The van der Waals surface area contributed by atoms with Gasteiger partial charge in [0.05, 0.1) is 65.3 Å². The Bertz CT molecular complexity index is 1640. The smallest absolute Gasteiger partial charge is 0.309 e. The molecule has 462 valence electrons. The lowest BCUT2D eigenvalue weighted by atomic mass is 10.00. The van der Waals surface area contributed by atoms with E-state index in [0.29, 0.717) is 64.6 Å². The van der Waals surface area contributed by atoms with Gasteiger partial charge in [-0.2, -0.15) is 0 Å². The first-order chi connectivity index (χ1) is 37.8. The average Bonchev–Trinajstić information content (AvgIpc) is 4.15. The lowest BCUT2D eigenvalue weighted by Crippen LogP contribution is -2.30. The van der Waals surface area contributed by atoms with Crippen molar-refractivity contribution in [2.75, 3.05) is 60.0 Å². The fraction of sp³-hybridized carbons (Fsp3) is 0.902. The lowest BCUT2D eigenvalue weighted by molar-refractivity contribution is -0.175. The summed E-state index contributed by atoms with van der Waals surface area (Å²) in [5, 5.41) is 0. The van der Waals surface area contributed by atoms with Crippen LogP contribution in [0, 0.1) is 11.8 Å². The third-order valence-corrected chi connectivity index (χ3v) is 14.4. The van der Waals surface area contributed by atoms with E-state index in [1.165, 1.54) is 71.8 Å². The first-order valence-electron chi connectivity index (χ1n) is 30.6. The number of hydrogen-bond acceptors (Lipinski definition) is 18. The van der Waals surface area contributed by atoms with E-state index in [4.69, 9.17) is 52.1 Å². The van der Waals surface area contributed by atoms with Crippen LogP contribution in [0.5, 0.6) is 0 Å². The van der Waals surface area contributed by atoms with Gasteiger partial charge in [0.15, 0.2) is 17.4 Å². The predicted molar refractivity (Wildman–Crippen MR) is 300 cm³/mol. The maximum Gasteiger partial charge on any atom is 0.309 e. The third kappa shape index (κ3) is 36.6. The van der Waals surface area contributed by atoms with Gasteiger partial charge in [0, 0.05) is 32.6 Å². The van der Waals surface area contributed by atoms with Gasteiger partial charge in [-0.3, -0.25) is 28.8 Å². The Morgan fingerprint density at radius 2 is 0.873 bits per heavy atom. The van der Waals surface area contributed by atoms with Crippen molar-refractivity contribution in [3.8, 4) is 0 Å². The molecular weight excluding hydrogens is 1020 g/mol. The van der Waals surface area contributed by atoms with Crippen molar-refractivity contribution < 1.29 is 85.6 Å². The van der Waals surface area contributed by atoms with Crippen LogP contribution in [0.2, 0.25) is 0 Å². The van der Waals surface area contributed by atoms with Gasteiger partial charge in [0.25, 0.3) is 0 Å². The summed E-state index contributed by atoms with van der Waals surface area (Å²) >= 11 is 0. The zero-order chi connectivity index (χ0) is 58.8. The number of carbonyl (C=O) groups is 6. The normalized spacial score (nSPS) is 23.1. The topological polar surface area (TPSA) is 213 Å². The van der Waals surface area contributed by atoms with E-state index in [1.807, 2.05) is 13.8 Å². The van der Waals surface area contributed by atoms with Crippen LogP contribution in [0.15, 0.2) is 0 Å². The Balaban J connectivity index is 0.000000602. The number of hydrogen-bond donors (Lipinski definition) is 0. The number of carbonyl (C=O) groups excluding carboxylic acids is 6. The van der Waals surface area contributed by atoms with Crippen molar-refractivity contribution in [2.45, 2.75) is 285 Å². The molecule has 3 heterocycles. The fourth-order valence-electron chi connectivity index (χ4n) is 9.05. The highest BCUT2D eigenvalue weighted by Gasteiger charge is 2.40. The molecule has 3 fully saturated rings. The summed E-state index contributed by atoms with van der Waals surface area (Å²) in [5.41, 5.74) is 0. The SMILES string of the molecule is CCCCC(CC)COC(=O)CCC1(C)OCC(COC(=O)C(CC)CCCC)O1.CCCCCC(=O)OCC1COC(C)(CCC(=O)OC)O1.CCCCCCCCCCCCOC(=O)CCC1(C)OCC(COC(C)=O)O1. The molecule has 18 heteroatoms. The molecule has 0 N–H and O–H groups in total. The van der Waals surface area contributed by atoms with Crippen molar-refractivity contribution in [3.63, 3.8) is 0 Å². The molecule has 3 aliphatic heterocycles. The Morgan fingerprint density at radius 3 is 1.34 bits per heavy atom. The molecule has 0 aromatic heterocycles. The fourth-order valence-corrected chi connectivity index (χ4v) is 9.05. The molecular formula is C61H110O18. The largest absolute Gasteiger partial charge is 0.469 e. The highest BCUT2D eigenvalue weighted by molar-refractivity contribution is 5.72. The number of unbranched alkanes of at least 4 members (excludes halogenated alkanes) is 13. The second kappa shape index (κ2) is 44.2. The van der Waals surface area contributed by atoms with Crippen LogP contribution in [0.25, 0.3) is 0 Å². The molecule has 0 saturated carbocycles. The second-order valence-electron chi connectivity index (χ2n) is 22.0. The molecule has 79 heavy (non-hydrogen) atoms. The summed E-state index contributed by atoms with van der Waals surface area (Å²) in [7, 11) is 1.35. The molecule has 0 radical (unpaired) electrons. The molecule has 8 atom stereocenters. The van der Waals surface area contributed by atoms with Gasteiger partial charge < -0.3 is 56.8 Å². The molecule has 0 aliphatic carbocycles. The van der Waals surface area contributed by atoms with E-state index in [9.17, 15) is 28.8 Å². The Labute approximate surface area is 476 Å². The van der Waals surface area contributed by atoms with Gasteiger partial charge in [0.1, 0.15) is 38.1 Å². The summed E-state index contributed by atoms with van der Waals surface area (Å²) < 4.78 is 65.3. The highest BCUT2D eigenvalue weighted by atomic mass is 16.8. The van der Waals surface area contributed by atoms with Crippen LogP contribution in [0.3, 0.4) is 0 Å². The van der Waals surface area contributed by atoms with E-state index in [2.05, 4.69) is 39.4 Å². The molecule has 8 unspecified atom stereocenters. The van der Waals surface area contributed by atoms with E-state index in [1.54, 1.807) is 13.8 Å². The lowest BCUT2D eigenvalue weighted by Gasteiger charge is -2.23. The first kappa shape index (κ1) is 73.6. The van der Waals surface area contributed by atoms with Gasteiger partial charge in [0.2, 0.25) is 0 Å². The zero-order valence-corrected chi connectivity index (χ0v) is 51.2. The maximum absolute atomic E-state index is 12.3. The average molecular weight is 1130 g/mol. The molecule has 0 amide bonds. The zero-order valence-electron chi connectivity index (χ0n) is 51.2. The van der Waals surface area contributed by atoms with Gasteiger partial charge in [-0.1, -0.05) is 144 Å². The Hall–Kier alpha value is -3.42. The summed E-state index contributed by atoms with van der Waals surface area (Å²) in [6.45, 7) is 22.2. The van der Waals surface area contributed by atoms with Crippen LogP contribution < -0.4 is 0 Å². The van der Waals surface area contributed by atoms with Gasteiger partial charge >= 0.3 is 35.8 Å². The molecule has 0 aromatic carbocycles. The van der Waals surface area contributed by atoms with E-state index < -0.39 is 17.4 Å². The van der Waals surface area contributed by atoms with Crippen molar-refractivity contribution in [2.24, 2.45) is 11.8 Å². The van der Waals surface area contributed by atoms with Crippen molar-refractivity contribution >= 4 is 35.8 Å². The summed E-state index contributed by atoms with van der Waals surface area (Å²) in [5.74, 6) is -3.49. The van der Waals surface area contributed by atoms with Crippen LogP contribution >= 0.6 is 0 Å². The van der Waals surface area contributed by atoms with Crippen LogP contribution in [-0.4, -0.2) is 131 Å². The Kier molecular flexibility index (Phi) is 41.2. The van der Waals surface area contributed by atoms with Gasteiger partial charge in [-0.25, -0.2) is 0 Å². The molecule has 0 bridgehead atoms. The van der Waals surface area contributed by atoms with Crippen molar-refractivity contribution in [1.29, 1.82) is 0 Å². The molecule has 3 aliphatic rings. The Morgan fingerprint density at radius 1 is 0.456 bits per heavy atom. The number of rotatable bonds is 41. The van der Waals surface area contributed by atoms with Crippen LogP contribution in [0.1, 0.15) is 249 Å². The minimum Gasteiger partial charge on any atom is -0.469 e. The number of esters is 6. The second-order valence-corrected chi connectivity index (χ2v) is 22.0. The van der Waals surface area contributed by atoms with Gasteiger partial charge in [-0.15, -0.1) is 0 Å². The first-order valence-corrected chi connectivity index (χ1v) is 30.6. The van der Waals surface area contributed by atoms with Crippen LogP contribution in [-0.2, 0) is 85.6 Å². The molecule has 0 spiro atoms. The van der Waals surface area contributed by atoms with Crippen LogP contribution in [0.4, 0.5) is 0 Å². The molecule has 0 aromatic rings. The third-order valence-electron chi connectivity index (χ3n) is 14.4. The quantitative estimate of drug-likeness (QED) is 0.0316. The number of ether oxygens (including phenoxy) is 12. The highest BCUT2D eigenvalue weighted by Crippen LogP contribution is 2.31. The van der Waals surface area contributed by atoms with Gasteiger partial charge in [-0.05, 0) is 58.8 Å². The minimum atomic E-state index is -0.838. The maximum atomic E-state index is 12.3. The monoisotopic (exact) mass is 1130 g/mol. The summed E-state index contributed by atoms with van der Waals surface area (Å²) in [6.07, 6.45) is 25.4. The van der Waals surface area contributed by atoms with E-state index in [-0.39, 0.29) is 99.1 Å². The molecule has 18 nitrogen and oxygen atoms in total.